The van der Waals surface area contributed by atoms with E-state index in [2.05, 4.69) is 31.3 Å². The van der Waals surface area contributed by atoms with E-state index < -0.39 is 61.5 Å². The van der Waals surface area contributed by atoms with Gasteiger partial charge in [0, 0.05) is 0 Å². The molecular formula is C45H85NO9. The molecule has 1 aliphatic rings. The van der Waals surface area contributed by atoms with Gasteiger partial charge in [0.1, 0.15) is 30.5 Å². The Balaban J connectivity index is 2.46. The maximum Gasteiger partial charge on any atom is 0.249 e. The topological polar surface area (TPSA) is 169 Å². The first-order valence-electron chi connectivity index (χ1n) is 22.7. The number of allylic oxidation sites excluding steroid dienone is 3. The van der Waals surface area contributed by atoms with E-state index in [0.29, 0.717) is 19.3 Å². The van der Waals surface area contributed by atoms with Crippen molar-refractivity contribution >= 4 is 5.91 Å². The Hall–Kier alpha value is -1.37. The van der Waals surface area contributed by atoms with E-state index >= 15 is 0 Å². The number of carbonyl (C=O) groups excluding carboxylic acids is 1. The Bertz CT molecular complexity index is 932. The number of amides is 1. The third-order valence-electron chi connectivity index (χ3n) is 10.9. The Morgan fingerprint density at radius 3 is 1.58 bits per heavy atom. The van der Waals surface area contributed by atoms with Crippen molar-refractivity contribution in [1.82, 2.24) is 5.32 Å². The Morgan fingerprint density at radius 2 is 1.07 bits per heavy atom. The summed E-state index contributed by atoms with van der Waals surface area (Å²) in [6.45, 7) is 3.58. The van der Waals surface area contributed by atoms with Crippen molar-refractivity contribution < 1.29 is 44.9 Å². The van der Waals surface area contributed by atoms with Gasteiger partial charge in [0.05, 0.1) is 25.4 Å². The fourth-order valence-corrected chi connectivity index (χ4v) is 7.12. The first-order chi connectivity index (χ1) is 26.8. The predicted molar refractivity (Wildman–Crippen MR) is 223 cm³/mol. The normalized spacial score (nSPS) is 22.1. The average molecular weight is 784 g/mol. The molecule has 7 N–H and O–H groups in total. The second-order valence-corrected chi connectivity index (χ2v) is 16.0. The number of aliphatic hydroxyl groups excluding tert-OH is 6. The van der Waals surface area contributed by atoms with Crippen LogP contribution in [0, 0.1) is 0 Å². The van der Waals surface area contributed by atoms with Crippen LogP contribution in [0.15, 0.2) is 24.3 Å². The average Bonchev–Trinajstić information content (AvgIpc) is 3.18. The highest BCUT2D eigenvalue weighted by atomic mass is 16.7. The molecule has 1 saturated heterocycles. The number of aliphatic hydroxyl groups is 6. The van der Waals surface area contributed by atoms with Crippen LogP contribution in [0.4, 0.5) is 0 Å². The Morgan fingerprint density at radius 1 is 0.618 bits per heavy atom. The van der Waals surface area contributed by atoms with E-state index in [1.54, 1.807) is 6.08 Å². The van der Waals surface area contributed by atoms with Crippen LogP contribution in [0.3, 0.4) is 0 Å². The van der Waals surface area contributed by atoms with Gasteiger partial charge in [-0.1, -0.05) is 186 Å². The zero-order valence-corrected chi connectivity index (χ0v) is 35.0. The van der Waals surface area contributed by atoms with Gasteiger partial charge in [-0.3, -0.25) is 4.79 Å². The van der Waals surface area contributed by atoms with Crippen molar-refractivity contribution in [3.8, 4) is 0 Å². The fourth-order valence-electron chi connectivity index (χ4n) is 7.12. The molecular weight excluding hydrogens is 698 g/mol. The van der Waals surface area contributed by atoms with Gasteiger partial charge in [-0.2, -0.15) is 0 Å². The lowest BCUT2D eigenvalue weighted by Crippen LogP contribution is -2.60. The minimum Gasteiger partial charge on any atom is -0.394 e. The molecule has 8 atom stereocenters. The van der Waals surface area contributed by atoms with Crippen LogP contribution in [0.25, 0.3) is 0 Å². The molecule has 324 valence electrons. The quantitative estimate of drug-likeness (QED) is 0.0243. The molecule has 1 aliphatic heterocycles. The lowest BCUT2D eigenvalue weighted by Gasteiger charge is -2.40. The number of hydrogen-bond donors (Lipinski definition) is 7. The van der Waals surface area contributed by atoms with E-state index in [9.17, 15) is 35.4 Å². The summed E-state index contributed by atoms with van der Waals surface area (Å²) in [5.41, 5.74) is 0. The second kappa shape index (κ2) is 35.8. The number of rotatable bonds is 37. The molecule has 10 heteroatoms. The van der Waals surface area contributed by atoms with Gasteiger partial charge in [-0.15, -0.1) is 0 Å². The van der Waals surface area contributed by atoms with Crippen LogP contribution in [0.5, 0.6) is 0 Å². The highest BCUT2D eigenvalue weighted by Crippen LogP contribution is 2.22. The largest absolute Gasteiger partial charge is 0.394 e. The van der Waals surface area contributed by atoms with Crippen LogP contribution in [-0.4, -0.2) is 98.7 Å². The van der Waals surface area contributed by atoms with Gasteiger partial charge >= 0.3 is 0 Å². The molecule has 1 rings (SSSR count). The molecule has 1 amide bonds. The second-order valence-electron chi connectivity index (χ2n) is 16.0. The summed E-state index contributed by atoms with van der Waals surface area (Å²) in [6, 6.07) is -0.992. The first kappa shape index (κ1) is 51.6. The van der Waals surface area contributed by atoms with E-state index in [1.165, 1.54) is 128 Å². The van der Waals surface area contributed by atoms with Crippen molar-refractivity contribution in [2.24, 2.45) is 0 Å². The van der Waals surface area contributed by atoms with Crippen molar-refractivity contribution in [2.45, 2.75) is 243 Å². The standard InChI is InChI=1S/C45H85NO9/c1-3-5-7-9-11-13-15-17-18-19-20-22-23-25-27-29-31-33-38(48)37(36-54-45-43(52)42(51)41(50)40(35-47)55-45)46-44(53)39(49)34-32-30-28-26-24-21-16-14-12-10-8-6-4-2/h23,25,31,33,37-43,45,47-52H,3-22,24,26-30,32,34-36H2,1-2H3,(H,46,53)/b25-23+,33-31+. The minimum absolute atomic E-state index is 0.307. The highest BCUT2D eigenvalue weighted by molar-refractivity contribution is 5.80. The van der Waals surface area contributed by atoms with Gasteiger partial charge in [0.15, 0.2) is 6.29 Å². The van der Waals surface area contributed by atoms with Crippen LogP contribution < -0.4 is 5.32 Å². The van der Waals surface area contributed by atoms with Crippen LogP contribution in [0.2, 0.25) is 0 Å². The van der Waals surface area contributed by atoms with Gasteiger partial charge in [-0.25, -0.2) is 0 Å². The van der Waals surface area contributed by atoms with Crippen molar-refractivity contribution in [1.29, 1.82) is 0 Å². The molecule has 0 aromatic heterocycles. The summed E-state index contributed by atoms with van der Waals surface area (Å²) in [7, 11) is 0. The SMILES string of the molecule is CCCCCCCCCCCCC/C=C/CC/C=C/C(O)C(COC1OC(CO)C(O)C(O)C1O)NC(=O)C(O)CCCCCCCCCCCCCCC. The summed E-state index contributed by atoms with van der Waals surface area (Å²) in [6.07, 6.45) is 31.2. The molecule has 0 aromatic rings. The van der Waals surface area contributed by atoms with Crippen molar-refractivity contribution in [3.05, 3.63) is 24.3 Å². The molecule has 0 aliphatic carbocycles. The predicted octanol–water partition coefficient (Wildman–Crippen LogP) is 8.08. The van der Waals surface area contributed by atoms with Gasteiger partial charge in [0.25, 0.3) is 0 Å². The third kappa shape index (κ3) is 26.3. The molecule has 55 heavy (non-hydrogen) atoms. The molecule has 0 aromatic carbocycles. The summed E-state index contributed by atoms with van der Waals surface area (Å²) in [4.78, 5) is 13.0. The van der Waals surface area contributed by atoms with Crippen LogP contribution >= 0.6 is 0 Å². The summed E-state index contributed by atoms with van der Waals surface area (Å²) >= 11 is 0. The highest BCUT2D eigenvalue weighted by Gasteiger charge is 2.44. The molecule has 0 radical (unpaired) electrons. The van der Waals surface area contributed by atoms with E-state index in [4.69, 9.17) is 9.47 Å². The molecule has 10 nitrogen and oxygen atoms in total. The van der Waals surface area contributed by atoms with E-state index in [-0.39, 0.29) is 6.61 Å². The monoisotopic (exact) mass is 784 g/mol. The molecule has 1 heterocycles. The number of hydrogen-bond acceptors (Lipinski definition) is 9. The summed E-state index contributed by atoms with van der Waals surface area (Å²) in [5, 5.41) is 64.5. The van der Waals surface area contributed by atoms with Gasteiger partial charge in [0.2, 0.25) is 5.91 Å². The fraction of sp³-hybridized carbons (Fsp3) is 0.889. The number of ether oxygens (including phenoxy) is 2. The smallest absolute Gasteiger partial charge is 0.249 e. The molecule has 1 fully saturated rings. The zero-order chi connectivity index (χ0) is 40.4. The van der Waals surface area contributed by atoms with Crippen molar-refractivity contribution in [3.63, 3.8) is 0 Å². The number of unbranched alkanes of at least 4 members (excludes halogenated alkanes) is 24. The van der Waals surface area contributed by atoms with E-state index in [0.717, 1.165) is 32.1 Å². The van der Waals surface area contributed by atoms with Gasteiger partial charge in [-0.05, 0) is 32.1 Å². The summed E-state index contributed by atoms with van der Waals surface area (Å²) in [5.74, 6) is -0.626. The number of carbonyl (C=O) groups is 1. The first-order valence-corrected chi connectivity index (χ1v) is 22.7. The van der Waals surface area contributed by atoms with Gasteiger partial charge < -0.3 is 45.4 Å². The van der Waals surface area contributed by atoms with Crippen LogP contribution in [0.1, 0.15) is 194 Å². The molecule has 8 unspecified atom stereocenters. The third-order valence-corrected chi connectivity index (χ3v) is 10.9. The number of nitrogens with one attached hydrogen (secondary N) is 1. The zero-order valence-electron chi connectivity index (χ0n) is 35.0. The van der Waals surface area contributed by atoms with Crippen molar-refractivity contribution in [2.75, 3.05) is 13.2 Å². The lowest BCUT2D eigenvalue weighted by molar-refractivity contribution is -0.302. The molecule has 0 saturated carbocycles. The van der Waals surface area contributed by atoms with Crippen LogP contribution in [-0.2, 0) is 14.3 Å². The maximum atomic E-state index is 13.0. The summed E-state index contributed by atoms with van der Waals surface area (Å²) < 4.78 is 11.1. The minimum atomic E-state index is -1.61. The van der Waals surface area contributed by atoms with E-state index in [1.807, 2.05) is 6.08 Å². The maximum absolute atomic E-state index is 13.0. The Kier molecular flexibility index (Phi) is 33.6. The molecule has 0 bridgehead atoms. The Labute approximate surface area is 335 Å². The lowest BCUT2D eigenvalue weighted by atomic mass is 9.99. The molecule has 0 spiro atoms.